The summed E-state index contributed by atoms with van der Waals surface area (Å²) in [4.78, 5) is 16.7. The van der Waals surface area contributed by atoms with E-state index in [1.165, 1.54) is 10.9 Å². The zero-order valence-corrected chi connectivity index (χ0v) is 16.0. The van der Waals surface area contributed by atoms with Gasteiger partial charge in [-0.3, -0.25) is 0 Å². The number of carbonyl (C=O) groups is 1. The topological polar surface area (TPSA) is 100 Å². The van der Waals surface area contributed by atoms with Gasteiger partial charge in [0.25, 0.3) is 0 Å². The summed E-state index contributed by atoms with van der Waals surface area (Å²) in [6, 6.07) is 9.24. The molecule has 4 rings (SSSR count). The maximum Gasteiger partial charge on any atom is 0.343 e. The monoisotopic (exact) mass is 396 g/mol. The number of benzene rings is 1. The van der Waals surface area contributed by atoms with Gasteiger partial charge >= 0.3 is 5.97 Å². The van der Waals surface area contributed by atoms with Gasteiger partial charge in [-0.2, -0.15) is 19.4 Å². The van der Waals surface area contributed by atoms with Crippen molar-refractivity contribution < 1.29 is 9.53 Å². The fourth-order valence-electron chi connectivity index (χ4n) is 2.96. The quantitative estimate of drug-likeness (QED) is 0.531. The van der Waals surface area contributed by atoms with Crippen molar-refractivity contribution in [3.05, 3.63) is 59.0 Å². The van der Waals surface area contributed by atoms with E-state index < -0.39 is 5.97 Å². The lowest BCUT2D eigenvalue weighted by atomic mass is 10.1. The molecule has 142 valence electrons. The highest BCUT2D eigenvalue weighted by Gasteiger charge is 2.20. The van der Waals surface area contributed by atoms with Gasteiger partial charge in [0.1, 0.15) is 11.4 Å². The first kappa shape index (κ1) is 18.0. The number of nitrogen functional groups attached to an aromatic ring is 1. The van der Waals surface area contributed by atoms with Crippen LogP contribution in [-0.2, 0) is 4.74 Å². The Labute approximate surface area is 165 Å². The Kier molecular flexibility index (Phi) is 4.48. The van der Waals surface area contributed by atoms with Crippen LogP contribution in [0.2, 0.25) is 5.02 Å². The number of nitrogens with two attached hydrogens (primary N) is 1. The highest BCUT2D eigenvalue weighted by Crippen LogP contribution is 2.27. The number of nitrogens with zero attached hydrogens (tertiary/aromatic N) is 5. The molecular formula is C19H17ClN6O2. The van der Waals surface area contributed by atoms with Crippen LogP contribution in [0.1, 0.15) is 23.0 Å². The first-order valence-electron chi connectivity index (χ1n) is 8.62. The Balaban J connectivity index is 1.88. The number of aromatic nitrogens is 5. The number of halogens is 1. The molecule has 1 aromatic carbocycles. The van der Waals surface area contributed by atoms with Crippen LogP contribution in [0, 0.1) is 6.92 Å². The molecule has 0 aliphatic carbocycles. The number of aryl methyl sites for hydroxylation is 1. The average molecular weight is 397 g/mol. The summed E-state index contributed by atoms with van der Waals surface area (Å²) in [7, 11) is 0. The van der Waals surface area contributed by atoms with Crippen LogP contribution < -0.4 is 5.73 Å². The van der Waals surface area contributed by atoms with E-state index in [2.05, 4.69) is 15.2 Å². The number of rotatable bonds is 4. The Bertz CT molecular complexity index is 1180. The molecule has 8 nitrogen and oxygen atoms in total. The summed E-state index contributed by atoms with van der Waals surface area (Å²) in [5.74, 6) is 0.222. The summed E-state index contributed by atoms with van der Waals surface area (Å²) in [6.07, 6.45) is 3.11. The molecule has 0 saturated carbocycles. The maximum atomic E-state index is 12.1. The highest BCUT2D eigenvalue weighted by molar-refractivity contribution is 6.30. The maximum absolute atomic E-state index is 12.1. The molecule has 0 aliphatic rings. The van der Waals surface area contributed by atoms with E-state index in [9.17, 15) is 4.79 Å². The van der Waals surface area contributed by atoms with Gasteiger partial charge in [-0.25, -0.2) is 9.78 Å². The Morgan fingerprint density at radius 1 is 1.21 bits per heavy atom. The van der Waals surface area contributed by atoms with Crippen LogP contribution in [0.5, 0.6) is 0 Å². The van der Waals surface area contributed by atoms with E-state index in [1.807, 2.05) is 31.2 Å². The van der Waals surface area contributed by atoms with Crippen molar-refractivity contribution in [2.45, 2.75) is 13.8 Å². The highest BCUT2D eigenvalue weighted by atomic mass is 35.5. The number of anilines is 1. The minimum absolute atomic E-state index is 0.175. The molecule has 0 fully saturated rings. The van der Waals surface area contributed by atoms with E-state index >= 15 is 0 Å². The van der Waals surface area contributed by atoms with E-state index in [0.717, 1.165) is 16.8 Å². The molecule has 28 heavy (non-hydrogen) atoms. The van der Waals surface area contributed by atoms with Crippen LogP contribution in [0.25, 0.3) is 22.6 Å². The van der Waals surface area contributed by atoms with Crippen LogP contribution >= 0.6 is 11.6 Å². The van der Waals surface area contributed by atoms with Crippen molar-refractivity contribution >= 4 is 29.0 Å². The van der Waals surface area contributed by atoms with Crippen molar-refractivity contribution in [3.63, 3.8) is 0 Å². The van der Waals surface area contributed by atoms with Crippen LogP contribution in [-0.4, -0.2) is 37.0 Å². The molecular weight excluding hydrogens is 380 g/mol. The molecule has 0 bridgehead atoms. The number of esters is 1. The first-order valence-corrected chi connectivity index (χ1v) is 8.99. The molecule has 2 N–H and O–H groups in total. The van der Waals surface area contributed by atoms with Gasteiger partial charge in [-0.15, -0.1) is 0 Å². The molecule has 3 heterocycles. The van der Waals surface area contributed by atoms with Crippen molar-refractivity contribution in [2.24, 2.45) is 0 Å². The van der Waals surface area contributed by atoms with E-state index in [1.54, 1.807) is 23.7 Å². The van der Waals surface area contributed by atoms with Gasteiger partial charge in [-0.1, -0.05) is 23.7 Å². The molecule has 3 aromatic heterocycles. The molecule has 4 aromatic rings. The van der Waals surface area contributed by atoms with E-state index in [4.69, 9.17) is 22.1 Å². The van der Waals surface area contributed by atoms with Gasteiger partial charge < -0.3 is 10.5 Å². The fourth-order valence-corrected chi connectivity index (χ4v) is 3.08. The molecule has 0 unspecified atom stereocenters. The third kappa shape index (κ3) is 2.97. The summed E-state index contributed by atoms with van der Waals surface area (Å²) >= 11 is 5.99. The zero-order chi connectivity index (χ0) is 19.8. The standard InChI is InChI=1S/C19H17ClN6O2/c1-3-28-19(27)15-10-22-25(17(15)21)16-8-11(2)24-18-14(9-23-26(16)18)12-4-6-13(20)7-5-12/h4-10H,3,21H2,1-2H3. The van der Waals surface area contributed by atoms with Crippen LogP contribution in [0.15, 0.2) is 42.7 Å². The Hall–Kier alpha value is -3.39. The summed E-state index contributed by atoms with van der Waals surface area (Å²) in [6.45, 7) is 3.86. The lowest BCUT2D eigenvalue weighted by Gasteiger charge is -2.09. The van der Waals surface area contributed by atoms with Crippen molar-refractivity contribution in [2.75, 3.05) is 12.3 Å². The lowest BCUT2D eigenvalue weighted by Crippen LogP contribution is -2.12. The largest absolute Gasteiger partial charge is 0.462 e. The first-order chi connectivity index (χ1) is 13.5. The van der Waals surface area contributed by atoms with Gasteiger partial charge in [0.2, 0.25) is 0 Å². The second-order valence-corrected chi connectivity index (χ2v) is 6.57. The molecule has 0 aliphatic heterocycles. The molecule has 0 atom stereocenters. The minimum atomic E-state index is -0.518. The Morgan fingerprint density at radius 2 is 1.96 bits per heavy atom. The lowest BCUT2D eigenvalue weighted by molar-refractivity contribution is 0.0527. The SMILES string of the molecule is CCOC(=O)c1cnn(-c2cc(C)nc3c(-c4ccc(Cl)cc4)cnn23)c1N. The zero-order valence-electron chi connectivity index (χ0n) is 15.3. The normalized spacial score (nSPS) is 11.1. The number of fused-ring (bicyclic) bond motifs is 1. The number of hydrogen-bond acceptors (Lipinski definition) is 6. The second kappa shape index (κ2) is 6.97. The smallest absolute Gasteiger partial charge is 0.343 e. The van der Waals surface area contributed by atoms with Crippen molar-refractivity contribution in [3.8, 4) is 16.9 Å². The van der Waals surface area contributed by atoms with Gasteiger partial charge in [0.05, 0.1) is 19.0 Å². The molecule has 0 saturated heterocycles. The Morgan fingerprint density at radius 3 is 2.68 bits per heavy atom. The fraction of sp³-hybridized carbons (Fsp3) is 0.158. The number of carbonyl (C=O) groups excluding carboxylic acids is 1. The summed E-state index contributed by atoms with van der Waals surface area (Å²) < 4.78 is 8.11. The predicted molar refractivity (Wildman–Crippen MR) is 106 cm³/mol. The minimum Gasteiger partial charge on any atom is -0.462 e. The predicted octanol–water partition coefficient (Wildman–Crippen LogP) is 3.30. The third-order valence-corrected chi connectivity index (χ3v) is 4.51. The third-order valence-electron chi connectivity index (χ3n) is 4.26. The number of hydrogen-bond donors (Lipinski definition) is 1. The molecule has 0 spiro atoms. The van der Waals surface area contributed by atoms with Crippen LogP contribution in [0.4, 0.5) is 5.82 Å². The van der Waals surface area contributed by atoms with Gasteiger partial charge in [0, 0.05) is 22.3 Å². The van der Waals surface area contributed by atoms with Gasteiger partial charge in [0.15, 0.2) is 11.5 Å². The van der Waals surface area contributed by atoms with Crippen molar-refractivity contribution in [1.82, 2.24) is 24.4 Å². The van der Waals surface area contributed by atoms with Crippen LogP contribution in [0.3, 0.4) is 0 Å². The van der Waals surface area contributed by atoms with E-state index in [-0.39, 0.29) is 18.0 Å². The molecule has 0 amide bonds. The average Bonchev–Trinajstić information content (AvgIpc) is 3.26. The second-order valence-electron chi connectivity index (χ2n) is 6.13. The molecule has 9 heteroatoms. The molecule has 0 radical (unpaired) electrons. The number of ether oxygens (including phenoxy) is 1. The van der Waals surface area contributed by atoms with E-state index in [0.29, 0.717) is 16.5 Å². The summed E-state index contributed by atoms with van der Waals surface area (Å²) in [5.41, 5.74) is 9.55. The summed E-state index contributed by atoms with van der Waals surface area (Å²) in [5, 5.41) is 9.37. The van der Waals surface area contributed by atoms with Crippen molar-refractivity contribution in [1.29, 1.82) is 0 Å². The van der Waals surface area contributed by atoms with Gasteiger partial charge in [-0.05, 0) is 31.5 Å².